The van der Waals surface area contributed by atoms with Crippen molar-refractivity contribution in [3.05, 3.63) is 46.6 Å². The van der Waals surface area contributed by atoms with E-state index in [4.69, 9.17) is 22.1 Å². The van der Waals surface area contributed by atoms with Crippen LogP contribution in [0.2, 0.25) is 5.02 Å². The Balaban J connectivity index is 1.45. The number of carbonyl (C=O) groups is 1. The van der Waals surface area contributed by atoms with E-state index in [1.807, 2.05) is 36.1 Å². The van der Waals surface area contributed by atoms with Gasteiger partial charge < -0.3 is 15.4 Å². The van der Waals surface area contributed by atoms with Crippen molar-refractivity contribution >= 4 is 29.5 Å². The second kappa shape index (κ2) is 6.64. The second-order valence-corrected chi connectivity index (χ2v) is 7.14. The first-order valence-corrected chi connectivity index (χ1v) is 8.95. The number of nitrogens with two attached hydrogens (primary N) is 1. The third kappa shape index (κ3) is 3.14. The number of hydrogen-bond donors (Lipinski definition) is 1. The summed E-state index contributed by atoms with van der Waals surface area (Å²) in [7, 11) is 0. The molecule has 1 amide bonds. The Labute approximate surface area is 156 Å². The number of amides is 1. The fourth-order valence-electron chi connectivity index (χ4n) is 3.46. The van der Waals surface area contributed by atoms with Gasteiger partial charge in [-0.05, 0) is 31.0 Å². The van der Waals surface area contributed by atoms with E-state index in [0.717, 1.165) is 17.5 Å². The van der Waals surface area contributed by atoms with Gasteiger partial charge in [-0.3, -0.25) is 4.90 Å². The van der Waals surface area contributed by atoms with Crippen LogP contribution < -0.4 is 10.6 Å². The van der Waals surface area contributed by atoms with Gasteiger partial charge in [-0.2, -0.15) is 4.98 Å². The van der Waals surface area contributed by atoms with Crippen LogP contribution in [0.5, 0.6) is 0 Å². The summed E-state index contributed by atoms with van der Waals surface area (Å²) in [6.45, 7) is 3.67. The molecule has 7 nitrogen and oxygen atoms in total. The third-order valence-corrected chi connectivity index (χ3v) is 5.17. The molecular formula is C18H20ClN5O2. The zero-order valence-electron chi connectivity index (χ0n) is 14.4. The van der Waals surface area contributed by atoms with Crippen LogP contribution in [0, 0.1) is 6.92 Å². The number of carbonyl (C=O) groups excluding carboxylic acids is 1. The number of ether oxygens (including phenoxy) is 1. The SMILES string of the molecule is Cc1cnc(N2C[C@H]3OC(=O)N(CCc4cccc(Cl)c4)[C@H]3C2)nc1N. The van der Waals surface area contributed by atoms with Crippen LogP contribution in [-0.2, 0) is 11.2 Å². The lowest BCUT2D eigenvalue weighted by molar-refractivity contribution is 0.136. The van der Waals surface area contributed by atoms with E-state index in [2.05, 4.69) is 9.97 Å². The van der Waals surface area contributed by atoms with Gasteiger partial charge in [0.25, 0.3) is 0 Å². The molecule has 26 heavy (non-hydrogen) atoms. The highest BCUT2D eigenvalue weighted by Gasteiger charge is 2.48. The van der Waals surface area contributed by atoms with Crippen molar-refractivity contribution in [2.45, 2.75) is 25.5 Å². The number of nitrogen functional groups attached to an aromatic ring is 1. The topological polar surface area (TPSA) is 84.6 Å². The molecule has 2 aliphatic rings. The second-order valence-electron chi connectivity index (χ2n) is 6.71. The number of benzene rings is 1. The maximum Gasteiger partial charge on any atom is 0.410 e. The molecular weight excluding hydrogens is 354 g/mol. The standard InChI is InChI=1S/C18H20ClN5O2/c1-11-8-21-17(22-16(11)20)23-9-14-15(10-23)26-18(25)24(14)6-5-12-3-2-4-13(19)7-12/h2-4,7-8,14-15H,5-6,9-10H2,1H3,(H2,20,21,22)/t14-,15+/m0/s1. The van der Waals surface area contributed by atoms with Crippen LogP contribution in [0.15, 0.2) is 30.5 Å². The van der Waals surface area contributed by atoms with E-state index in [9.17, 15) is 4.79 Å². The van der Waals surface area contributed by atoms with Crippen LogP contribution in [0.3, 0.4) is 0 Å². The quantitative estimate of drug-likeness (QED) is 0.885. The van der Waals surface area contributed by atoms with Gasteiger partial charge in [-0.25, -0.2) is 9.78 Å². The molecule has 1 aromatic carbocycles. The van der Waals surface area contributed by atoms with Gasteiger partial charge in [-0.1, -0.05) is 23.7 Å². The molecule has 0 unspecified atom stereocenters. The third-order valence-electron chi connectivity index (χ3n) is 4.94. The first-order valence-electron chi connectivity index (χ1n) is 8.57. The largest absolute Gasteiger partial charge is 0.442 e. The van der Waals surface area contributed by atoms with Crippen molar-refractivity contribution in [1.82, 2.24) is 14.9 Å². The molecule has 2 N–H and O–H groups in total. The van der Waals surface area contributed by atoms with Gasteiger partial charge in [0.15, 0.2) is 0 Å². The van der Waals surface area contributed by atoms with E-state index >= 15 is 0 Å². The van der Waals surface area contributed by atoms with E-state index in [0.29, 0.717) is 36.4 Å². The average Bonchev–Trinajstić information content (AvgIpc) is 3.13. The molecule has 1 aromatic heterocycles. The summed E-state index contributed by atoms with van der Waals surface area (Å²) in [4.78, 5) is 24.7. The maximum absolute atomic E-state index is 12.2. The van der Waals surface area contributed by atoms with Crippen LogP contribution in [0.25, 0.3) is 0 Å². The Kier molecular flexibility index (Phi) is 4.32. The first kappa shape index (κ1) is 16.9. The van der Waals surface area contributed by atoms with Gasteiger partial charge in [0.2, 0.25) is 5.95 Å². The lowest BCUT2D eigenvalue weighted by Gasteiger charge is -2.22. The van der Waals surface area contributed by atoms with Gasteiger partial charge in [0, 0.05) is 29.9 Å². The molecule has 2 aromatic rings. The van der Waals surface area contributed by atoms with Crippen molar-refractivity contribution in [2.24, 2.45) is 0 Å². The van der Waals surface area contributed by atoms with Crippen LogP contribution in [0.1, 0.15) is 11.1 Å². The number of hydrogen-bond acceptors (Lipinski definition) is 6. The molecule has 2 fully saturated rings. The lowest BCUT2D eigenvalue weighted by Crippen LogP contribution is -2.39. The minimum Gasteiger partial charge on any atom is -0.442 e. The van der Waals surface area contributed by atoms with E-state index in [-0.39, 0.29) is 18.2 Å². The Bertz CT molecular complexity index is 846. The van der Waals surface area contributed by atoms with E-state index in [1.165, 1.54) is 0 Å². The van der Waals surface area contributed by atoms with Crippen molar-refractivity contribution in [2.75, 3.05) is 30.3 Å². The molecule has 0 aliphatic carbocycles. The highest BCUT2D eigenvalue weighted by Crippen LogP contribution is 2.29. The molecule has 0 bridgehead atoms. The summed E-state index contributed by atoms with van der Waals surface area (Å²) >= 11 is 6.03. The smallest absolute Gasteiger partial charge is 0.410 e. The highest BCUT2D eigenvalue weighted by atomic mass is 35.5. The van der Waals surface area contributed by atoms with Gasteiger partial charge >= 0.3 is 6.09 Å². The fraction of sp³-hybridized carbons (Fsp3) is 0.389. The predicted octanol–water partition coefficient (Wildman–Crippen LogP) is 2.27. The Hall–Kier alpha value is -2.54. The van der Waals surface area contributed by atoms with Gasteiger partial charge in [-0.15, -0.1) is 0 Å². The van der Waals surface area contributed by atoms with Crippen LogP contribution >= 0.6 is 11.6 Å². The summed E-state index contributed by atoms with van der Waals surface area (Å²) in [5.74, 6) is 1.05. The van der Waals surface area contributed by atoms with Crippen LogP contribution in [0.4, 0.5) is 16.6 Å². The van der Waals surface area contributed by atoms with Crippen LogP contribution in [-0.4, -0.2) is 52.7 Å². The molecule has 2 saturated heterocycles. The number of rotatable bonds is 4. The van der Waals surface area contributed by atoms with Crippen molar-refractivity contribution in [3.63, 3.8) is 0 Å². The predicted molar refractivity (Wildman–Crippen MR) is 99.3 cm³/mol. The van der Waals surface area contributed by atoms with E-state index in [1.54, 1.807) is 11.1 Å². The average molecular weight is 374 g/mol. The number of anilines is 2. The Morgan fingerprint density at radius 2 is 2.23 bits per heavy atom. The summed E-state index contributed by atoms with van der Waals surface area (Å²) in [6, 6.07) is 7.68. The normalized spacial score (nSPS) is 21.8. The molecule has 2 atom stereocenters. The summed E-state index contributed by atoms with van der Waals surface area (Å²) in [5, 5.41) is 0.700. The van der Waals surface area contributed by atoms with Crippen molar-refractivity contribution in [1.29, 1.82) is 0 Å². The summed E-state index contributed by atoms with van der Waals surface area (Å²) in [5.41, 5.74) is 7.84. The number of fused-ring (bicyclic) bond motifs is 1. The highest BCUT2D eigenvalue weighted by molar-refractivity contribution is 6.30. The number of aryl methyl sites for hydroxylation is 1. The van der Waals surface area contributed by atoms with Crippen molar-refractivity contribution < 1.29 is 9.53 Å². The Morgan fingerprint density at radius 1 is 1.38 bits per heavy atom. The Morgan fingerprint density at radius 3 is 3.00 bits per heavy atom. The van der Waals surface area contributed by atoms with Crippen molar-refractivity contribution in [3.8, 4) is 0 Å². The molecule has 136 valence electrons. The molecule has 3 heterocycles. The summed E-state index contributed by atoms with van der Waals surface area (Å²) in [6.07, 6.45) is 2.01. The fourth-order valence-corrected chi connectivity index (χ4v) is 3.68. The molecule has 0 saturated carbocycles. The minimum absolute atomic E-state index is 0.00666. The monoisotopic (exact) mass is 373 g/mol. The van der Waals surface area contributed by atoms with Gasteiger partial charge in [0.1, 0.15) is 11.9 Å². The number of aromatic nitrogens is 2. The lowest BCUT2D eigenvalue weighted by atomic mass is 10.1. The number of halogens is 1. The molecule has 4 rings (SSSR count). The van der Waals surface area contributed by atoms with Gasteiger partial charge in [0.05, 0.1) is 12.6 Å². The zero-order valence-corrected chi connectivity index (χ0v) is 15.2. The summed E-state index contributed by atoms with van der Waals surface area (Å²) < 4.78 is 5.55. The zero-order chi connectivity index (χ0) is 18.3. The minimum atomic E-state index is -0.258. The first-order chi connectivity index (χ1) is 12.5. The molecule has 0 radical (unpaired) electrons. The number of nitrogens with zero attached hydrogens (tertiary/aromatic N) is 4. The molecule has 8 heteroatoms. The van der Waals surface area contributed by atoms with E-state index < -0.39 is 0 Å². The molecule has 0 spiro atoms. The molecule has 2 aliphatic heterocycles. The maximum atomic E-state index is 12.2.